The molecule has 0 saturated carbocycles. The lowest BCUT2D eigenvalue weighted by atomic mass is 10.1. The molecule has 0 fully saturated rings. The minimum atomic E-state index is -0.628. The van der Waals surface area contributed by atoms with Crippen molar-refractivity contribution in [2.75, 3.05) is 12.5 Å². The van der Waals surface area contributed by atoms with E-state index in [1.165, 1.54) is 0 Å². The van der Waals surface area contributed by atoms with Gasteiger partial charge >= 0.3 is 6.03 Å². The van der Waals surface area contributed by atoms with E-state index < -0.39 is 11.9 Å². The lowest BCUT2D eigenvalue weighted by Crippen LogP contribution is -2.41. The molecule has 0 heterocycles. The Morgan fingerprint density at radius 3 is 2.48 bits per heavy atom. The van der Waals surface area contributed by atoms with Gasteiger partial charge in [0.1, 0.15) is 5.75 Å². The Morgan fingerprint density at radius 1 is 1.09 bits per heavy atom. The lowest BCUT2D eigenvalue weighted by molar-refractivity contribution is 0.0962. The second-order valence-electron chi connectivity index (χ2n) is 5.07. The van der Waals surface area contributed by atoms with E-state index in [9.17, 15) is 9.59 Å². The van der Waals surface area contributed by atoms with Gasteiger partial charge in [-0.1, -0.05) is 12.1 Å². The minimum Gasteiger partial charge on any atom is -0.473 e. The van der Waals surface area contributed by atoms with Gasteiger partial charge in [-0.3, -0.25) is 10.1 Å². The number of carbonyl (C=O) groups excluding carboxylic acids is 2. The first-order chi connectivity index (χ1) is 11.0. The molecule has 2 aromatic carbocycles. The van der Waals surface area contributed by atoms with E-state index in [4.69, 9.17) is 10.5 Å². The largest absolute Gasteiger partial charge is 0.473 e. The number of aryl methyl sites for hydroxylation is 1. The molecule has 0 bridgehead atoms. The first kappa shape index (κ1) is 16.4. The van der Waals surface area contributed by atoms with Crippen molar-refractivity contribution >= 4 is 17.6 Å². The third-order valence-corrected chi connectivity index (χ3v) is 3.42. The summed E-state index contributed by atoms with van der Waals surface area (Å²) in [6.07, 6.45) is 0. The molecule has 6 nitrogen and oxygen atoms in total. The maximum absolute atomic E-state index is 11.8. The van der Waals surface area contributed by atoms with Crippen LogP contribution in [0, 0.1) is 13.8 Å². The summed E-state index contributed by atoms with van der Waals surface area (Å²) in [7, 11) is 0. The maximum Gasteiger partial charge on any atom is 0.324 e. The van der Waals surface area contributed by atoms with E-state index in [0.717, 1.165) is 11.1 Å². The van der Waals surface area contributed by atoms with Crippen molar-refractivity contribution < 1.29 is 14.3 Å². The number of carbonyl (C=O) groups is 2. The molecule has 0 aliphatic rings. The van der Waals surface area contributed by atoms with E-state index in [1.54, 1.807) is 24.3 Å². The molecule has 0 unspecified atom stereocenters. The third-order valence-electron chi connectivity index (χ3n) is 3.42. The van der Waals surface area contributed by atoms with Gasteiger partial charge in [0, 0.05) is 11.3 Å². The van der Waals surface area contributed by atoms with Gasteiger partial charge in [0.25, 0.3) is 5.91 Å². The number of rotatable bonds is 4. The molecule has 120 valence electrons. The molecule has 0 aromatic heterocycles. The molecule has 3 amide bonds. The Hall–Kier alpha value is -3.02. The van der Waals surface area contributed by atoms with Gasteiger partial charge in [-0.2, -0.15) is 0 Å². The molecular weight excluding hydrogens is 294 g/mol. The molecule has 2 rings (SSSR count). The molecule has 2 aromatic rings. The molecule has 0 aliphatic heterocycles. The fourth-order valence-electron chi connectivity index (χ4n) is 1.91. The van der Waals surface area contributed by atoms with Crippen LogP contribution in [0.4, 0.5) is 10.5 Å². The number of nitrogen functional groups attached to an aromatic ring is 1. The molecule has 0 aliphatic carbocycles. The average Bonchev–Trinajstić information content (AvgIpc) is 2.52. The number of ether oxygens (including phenoxy) is 1. The molecule has 4 N–H and O–H groups in total. The molecule has 0 radical (unpaired) electrons. The van der Waals surface area contributed by atoms with Gasteiger partial charge in [-0.15, -0.1) is 0 Å². The SMILES string of the molecule is Cc1cccc(OCNC(=O)NC(=O)c2ccc(N)cc2)c1C. The quantitative estimate of drug-likeness (QED) is 0.596. The highest BCUT2D eigenvalue weighted by molar-refractivity contribution is 6.04. The number of hydrogen-bond donors (Lipinski definition) is 3. The highest BCUT2D eigenvalue weighted by Crippen LogP contribution is 2.19. The van der Waals surface area contributed by atoms with Crippen molar-refractivity contribution in [3.8, 4) is 5.75 Å². The summed E-state index contributed by atoms with van der Waals surface area (Å²) in [5, 5.41) is 4.69. The predicted molar refractivity (Wildman–Crippen MR) is 88.3 cm³/mol. The minimum absolute atomic E-state index is 0.0366. The zero-order chi connectivity index (χ0) is 16.8. The summed E-state index contributed by atoms with van der Waals surface area (Å²) in [4.78, 5) is 23.5. The van der Waals surface area contributed by atoms with E-state index in [0.29, 0.717) is 17.0 Å². The van der Waals surface area contributed by atoms with Crippen molar-refractivity contribution in [3.63, 3.8) is 0 Å². The normalized spacial score (nSPS) is 10.0. The second kappa shape index (κ2) is 7.31. The summed E-state index contributed by atoms with van der Waals surface area (Å²) in [5.41, 5.74) is 8.55. The monoisotopic (exact) mass is 313 g/mol. The van der Waals surface area contributed by atoms with Gasteiger partial charge < -0.3 is 15.8 Å². The van der Waals surface area contributed by atoms with Crippen LogP contribution in [0.25, 0.3) is 0 Å². The summed E-state index contributed by atoms with van der Waals surface area (Å²) in [5.74, 6) is 0.185. The second-order valence-corrected chi connectivity index (χ2v) is 5.07. The molecule has 0 saturated heterocycles. The van der Waals surface area contributed by atoms with E-state index >= 15 is 0 Å². The maximum atomic E-state index is 11.8. The zero-order valence-corrected chi connectivity index (χ0v) is 13.1. The number of benzene rings is 2. The number of amides is 3. The van der Waals surface area contributed by atoms with Crippen LogP contribution in [0.5, 0.6) is 5.75 Å². The molecule has 23 heavy (non-hydrogen) atoms. The van der Waals surface area contributed by atoms with Crippen LogP contribution < -0.4 is 21.1 Å². The molecule has 0 spiro atoms. The fourth-order valence-corrected chi connectivity index (χ4v) is 1.91. The molecule has 0 atom stereocenters. The standard InChI is InChI=1S/C17H19N3O3/c1-11-4-3-5-15(12(11)2)23-10-19-17(22)20-16(21)13-6-8-14(18)9-7-13/h3-9H,10,18H2,1-2H3,(H2,19,20,21,22). The first-order valence-electron chi connectivity index (χ1n) is 7.11. The van der Waals surface area contributed by atoms with Crippen molar-refractivity contribution in [1.82, 2.24) is 10.6 Å². The average molecular weight is 313 g/mol. The van der Waals surface area contributed by atoms with E-state index in [1.807, 2.05) is 32.0 Å². The first-order valence-corrected chi connectivity index (χ1v) is 7.11. The summed E-state index contributed by atoms with van der Waals surface area (Å²) in [6.45, 7) is 3.88. The number of anilines is 1. The third kappa shape index (κ3) is 4.47. The van der Waals surface area contributed by atoms with Crippen LogP contribution in [0.1, 0.15) is 21.5 Å². The number of imide groups is 1. The lowest BCUT2D eigenvalue weighted by Gasteiger charge is -2.12. The summed E-state index contributed by atoms with van der Waals surface area (Å²) in [6, 6.07) is 11.3. The Bertz CT molecular complexity index is 712. The topological polar surface area (TPSA) is 93.5 Å². The summed E-state index contributed by atoms with van der Waals surface area (Å²) < 4.78 is 5.49. The van der Waals surface area contributed by atoms with Crippen molar-refractivity contribution in [1.29, 1.82) is 0 Å². The zero-order valence-electron chi connectivity index (χ0n) is 13.1. The van der Waals surface area contributed by atoms with E-state index in [-0.39, 0.29) is 6.73 Å². The molecular formula is C17H19N3O3. The predicted octanol–water partition coefficient (Wildman–Crippen LogP) is 2.36. The van der Waals surface area contributed by atoms with Crippen LogP contribution >= 0.6 is 0 Å². The van der Waals surface area contributed by atoms with Crippen molar-refractivity contribution in [2.24, 2.45) is 0 Å². The van der Waals surface area contributed by atoms with E-state index in [2.05, 4.69) is 10.6 Å². The Labute approximate surface area is 134 Å². The Kier molecular flexibility index (Phi) is 5.19. The number of urea groups is 1. The van der Waals surface area contributed by atoms with Gasteiger partial charge in [-0.05, 0) is 55.3 Å². The van der Waals surface area contributed by atoms with Crippen LogP contribution in [0.15, 0.2) is 42.5 Å². The Balaban J connectivity index is 1.82. The van der Waals surface area contributed by atoms with Gasteiger partial charge in [0.2, 0.25) is 0 Å². The van der Waals surface area contributed by atoms with Gasteiger partial charge in [0.05, 0.1) is 0 Å². The van der Waals surface area contributed by atoms with Crippen molar-refractivity contribution in [3.05, 3.63) is 59.2 Å². The highest BCUT2D eigenvalue weighted by Gasteiger charge is 2.10. The van der Waals surface area contributed by atoms with Crippen LogP contribution in [-0.4, -0.2) is 18.7 Å². The van der Waals surface area contributed by atoms with Gasteiger partial charge in [-0.25, -0.2) is 4.79 Å². The van der Waals surface area contributed by atoms with Gasteiger partial charge in [0.15, 0.2) is 6.73 Å². The van der Waals surface area contributed by atoms with Crippen molar-refractivity contribution in [2.45, 2.75) is 13.8 Å². The van der Waals surface area contributed by atoms with Crippen LogP contribution in [-0.2, 0) is 0 Å². The number of nitrogens with one attached hydrogen (secondary N) is 2. The van der Waals surface area contributed by atoms with Crippen LogP contribution in [0.2, 0.25) is 0 Å². The van der Waals surface area contributed by atoms with Crippen LogP contribution in [0.3, 0.4) is 0 Å². The molecule has 6 heteroatoms. The highest BCUT2D eigenvalue weighted by atomic mass is 16.5. The number of nitrogens with two attached hydrogens (primary N) is 1. The summed E-state index contributed by atoms with van der Waals surface area (Å²) >= 11 is 0. The Morgan fingerprint density at radius 2 is 1.78 bits per heavy atom. The fraction of sp³-hybridized carbons (Fsp3) is 0.176. The number of hydrogen-bond acceptors (Lipinski definition) is 4. The smallest absolute Gasteiger partial charge is 0.324 e.